The number of nitrogens with one attached hydrogen (secondary N) is 1. The van der Waals surface area contributed by atoms with Crippen LogP contribution in [-0.4, -0.2) is 35.6 Å². The lowest BCUT2D eigenvalue weighted by molar-refractivity contribution is 0.199. The third-order valence-corrected chi connectivity index (χ3v) is 2.96. The Morgan fingerprint density at radius 1 is 1.60 bits per heavy atom. The van der Waals surface area contributed by atoms with Crippen LogP contribution in [0.15, 0.2) is 18.3 Å². The van der Waals surface area contributed by atoms with E-state index in [2.05, 4.69) is 35.1 Å². The zero-order valence-corrected chi connectivity index (χ0v) is 9.53. The molecule has 0 aromatic carbocycles. The van der Waals surface area contributed by atoms with Crippen molar-refractivity contribution in [2.24, 2.45) is 0 Å². The summed E-state index contributed by atoms with van der Waals surface area (Å²) in [6, 6.07) is 4.80. The lowest BCUT2D eigenvalue weighted by Gasteiger charge is -2.32. The van der Waals surface area contributed by atoms with Crippen LogP contribution in [0.4, 0.5) is 0 Å². The Hall–Kier alpha value is -0.930. The summed E-state index contributed by atoms with van der Waals surface area (Å²) in [5, 5.41) is 3.46. The summed E-state index contributed by atoms with van der Waals surface area (Å²) >= 11 is 0. The van der Waals surface area contributed by atoms with E-state index in [1.54, 1.807) is 0 Å². The fourth-order valence-electron chi connectivity index (χ4n) is 2.08. The highest BCUT2D eigenvalue weighted by Crippen LogP contribution is 2.09. The number of nitrogens with zero attached hydrogens (tertiary/aromatic N) is 2. The third kappa shape index (κ3) is 2.76. The highest BCUT2D eigenvalue weighted by Gasteiger charge is 2.15. The van der Waals surface area contributed by atoms with Gasteiger partial charge in [-0.3, -0.25) is 9.88 Å². The molecule has 2 rings (SSSR count). The van der Waals surface area contributed by atoms with Crippen LogP contribution in [0.3, 0.4) is 0 Å². The van der Waals surface area contributed by atoms with Gasteiger partial charge < -0.3 is 5.32 Å². The topological polar surface area (TPSA) is 28.2 Å². The molecule has 0 saturated carbocycles. The van der Waals surface area contributed by atoms with Crippen LogP contribution >= 0.6 is 0 Å². The Kier molecular flexibility index (Phi) is 3.34. The van der Waals surface area contributed by atoms with E-state index in [1.165, 1.54) is 5.56 Å². The van der Waals surface area contributed by atoms with Crippen LogP contribution in [0.5, 0.6) is 0 Å². The molecule has 0 bridgehead atoms. The minimum absolute atomic E-state index is 0.607. The number of piperazine rings is 1. The second kappa shape index (κ2) is 4.73. The van der Waals surface area contributed by atoms with Gasteiger partial charge in [-0.25, -0.2) is 0 Å². The predicted molar refractivity (Wildman–Crippen MR) is 61.7 cm³/mol. The first-order valence-corrected chi connectivity index (χ1v) is 5.62. The van der Waals surface area contributed by atoms with Crippen LogP contribution < -0.4 is 5.32 Å². The van der Waals surface area contributed by atoms with Crippen molar-refractivity contribution in [3.8, 4) is 0 Å². The quantitative estimate of drug-likeness (QED) is 0.786. The Morgan fingerprint density at radius 2 is 2.47 bits per heavy atom. The highest BCUT2D eigenvalue weighted by molar-refractivity contribution is 5.18. The largest absolute Gasteiger partial charge is 0.312 e. The maximum absolute atomic E-state index is 4.32. The summed E-state index contributed by atoms with van der Waals surface area (Å²) < 4.78 is 0. The molecule has 0 aliphatic carbocycles. The molecule has 2 heterocycles. The molecule has 1 aromatic heterocycles. The summed E-state index contributed by atoms with van der Waals surface area (Å²) in [6.45, 7) is 8.72. The second-order valence-corrected chi connectivity index (χ2v) is 4.34. The molecule has 1 atom stereocenters. The maximum Gasteiger partial charge on any atom is 0.0417 e. The first-order chi connectivity index (χ1) is 7.25. The molecule has 0 unspecified atom stereocenters. The fourth-order valence-corrected chi connectivity index (χ4v) is 2.08. The molecule has 0 amide bonds. The molecule has 15 heavy (non-hydrogen) atoms. The van der Waals surface area contributed by atoms with Crippen molar-refractivity contribution >= 4 is 0 Å². The van der Waals surface area contributed by atoms with Crippen molar-refractivity contribution in [3.63, 3.8) is 0 Å². The smallest absolute Gasteiger partial charge is 0.0417 e. The first-order valence-electron chi connectivity index (χ1n) is 5.62. The first kappa shape index (κ1) is 10.6. The van der Waals surface area contributed by atoms with Crippen LogP contribution in [-0.2, 0) is 6.54 Å². The number of hydrogen-bond acceptors (Lipinski definition) is 3. The van der Waals surface area contributed by atoms with E-state index in [0.29, 0.717) is 6.04 Å². The van der Waals surface area contributed by atoms with E-state index in [1.807, 2.05) is 12.3 Å². The standard InChI is InChI=1S/C12H19N3/c1-10-8-15(7-6-13-10)9-12-4-3-5-14-11(12)2/h3-5,10,13H,6-9H2,1-2H3/t10-/m1/s1. The SMILES string of the molecule is Cc1ncccc1CN1CCN[C@H](C)C1. The van der Waals surface area contributed by atoms with Gasteiger partial charge in [0.25, 0.3) is 0 Å². The van der Waals surface area contributed by atoms with Crippen molar-refractivity contribution in [2.45, 2.75) is 26.4 Å². The Morgan fingerprint density at radius 3 is 3.20 bits per heavy atom. The Bertz CT molecular complexity index is 324. The number of pyridine rings is 1. The number of rotatable bonds is 2. The number of aryl methyl sites for hydroxylation is 1. The molecule has 0 spiro atoms. The van der Waals surface area contributed by atoms with Crippen molar-refractivity contribution in [2.75, 3.05) is 19.6 Å². The maximum atomic E-state index is 4.32. The van der Waals surface area contributed by atoms with Gasteiger partial charge in [0.2, 0.25) is 0 Å². The van der Waals surface area contributed by atoms with Gasteiger partial charge in [0.1, 0.15) is 0 Å². The Balaban J connectivity index is 1.99. The van der Waals surface area contributed by atoms with Crippen LogP contribution in [0, 0.1) is 6.92 Å². The average Bonchev–Trinajstić information content (AvgIpc) is 2.22. The molecular weight excluding hydrogens is 186 g/mol. The molecule has 1 N–H and O–H groups in total. The van der Waals surface area contributed by atoms with Gasteiger partial charge in [-0.15, -0.1) is 0 Å². The number of aromatic nitrogens is 1. The molecule has 82 valence electrons. The van der Waals surface area contributed by atoms with Crippen LogP contribution in [0.25, 0.3) is 0 Å². The summed E-state index contributed by atoms with van der Waals surface area (Å²) in [5.74, 6) is 0. The van der Waals surface area contributed by atoms with Gasteiger partial charge in [-0.2, -0.15) is 0 Å². The van der Waals surface area contributed by atoms with E-state index in [4.69, 9.17) is 0 Å². The van der Waals surface area contributed by atoms with E-state index in [0.717, 1.165) is 31.9 Å². The zero-order valence-electron chi connectivity index (χ0n) is 9.53. The molecule has 3 nitrogen and oxygen atoms in total. The summed E-state index contributed by atoms with van der Waals surface area (Å²) in [4.78, 5) is 6.81. The van der Waals surface area contributed by atoms with E-state index in [-0.39, 0.29) is 0 Å². The molecule has 1 fully saturated rings. The summed E-state index contributed by atoms with van der Waals surface area (Å²) in [7, 11) is 0. The molecular formula is C12H19N3. The van der Waals surface area contributed by atoms with Crippen molar-refractivity contribution in [1.82, 2.24) is 15.2 Å². The van der Waals surface area contributed by atoms with Gasteiger partial charge in [-0.1, -0.05) is 6.07 Å². The van der Waals surface area contributed by atoms with Gasteiger partial charge in [0, 0.05) is 44.1 Å². The predicted octanol–water partition coefficient (Wildman–Crippen LogP) is 1.18. The second-order valence-electron chi connectivity index (χ2n) is 4.34. The highest BCUT2D eigenvalue weighted by atomic mass is 15.2. The van der Waals surface area contributed by atoms with Gasteiger partial charge in [0.05, 0.1) is 0 Å². The Labute approximate surface area is 91.5 Å². The lowest BCUT2D eigenvalue weighted by atomic mass is 10.1. The van der Waals surface area contributed by atoms with Crippen LogP contribution in [0.1, 0.15) is 18.2 Å². The van der Waals surface area contributed by atoms with E-state index < -0.39 is 0 Å². The fraction of sp³-hybridized carbons (Fsp3) is 0.583. The molecule has 1 aromatic rings. The normalized spacial score (nSPS) is 22.9. The minimum Gasteiger partial charge on any atom is -0.312 e. The van der Waals surface area contributed by atoms with Crippen molar-refractivity contribution in [1.29, 1.82) is 0 Å². The molecule has 1 aliphatic heterocycles. The van der Waals surface area contributed by atoms with Crippen LogP contribution in [0.2, 0.25) is 0 Å². The summed E-state index contributed by atoms with van der Waals surface area (Å²) in [5.41, 5.74) is 2.51. The summed E-state index contributed by atoms with van der Waals surface area (Å²) in [6.07, 6.45) is 1.86. The van der Waals surface area contributed by atoms with Crippen molar-refractivity contribution in [3.05, 3.63) is 29.6 Å². The average molecular weight is 205 g/mol. The van der Waals surface area contributed by atoms with Gasteiger partial charge in [0.15, 0.2) is 0 Å². The van der Waals surface area contributed by atoms with Gasteiger partial charge >= 0.3 is 0 Å². The lowest BCUT2D eigenvalue weighted by Crippen LogP contribution is -2.48. The third-order valence-electron chi connectivity index (χ3n) is 2.96. The zero-order chi connectivity index (χ0) is 10.7. The monoisotopic (exact) mass is 205 g/mol. The molecule has 0 radical (unpaired) electrons. The van der Waals surface area contributed by atoms with E-state index in [9.17, 15) is 0 Å². The number of hydrogen-bond donors (Lipinski definition) is 1. The van der Waals surface area contributed by atoms with Crippen molar-refractivity contribution < 1.29 is 0 Å². The molecule has 1 saturated heterocycles. The minimum atomic E-state index is 0.607. The van der Waals surface area contributed by atoms with E-state index >= 15 is 0 Å². The molecule has 1 aliphatic rings. The molecule has 3 heteroatoms. The van der Waals surface area contributed by atoms with Gasteiger partial charge in [-0.05, 0) is 25.5 Å².